The molecule has 1 N–H and O–H groups in total. The zero-order valence-electron chi connectivity index (χ0n) is 9.79. The second-order valence-electron chi connectivity index (χ2n) is 2.94. The van der Waals surface area contributed by atoms with Crippen LogP contribution in [0.1, 0.15) is 5.56 Å². The molecule has 0 saturated heterocycles. The van der Waals surface area contributed by atoms with Gasteiger partial charge < -0.3 is 14.2 Å². The lowest BCUT2D eigenvalue weighted by molar-refractivity contribution is 0.349. The van der Waals surface area contributed by atoms with E-state index in [0.717, 1.165) is 0 Å². The highest BCUT2D eigenvalue weighted by molar-refractivity contribution is 8.13. The molecule has 1 aromatic rings. The Morgan fingerprint density at radius 2 is 1.50 bits per heavy atom. The summed E-state index contributed by atoms with van der Waals surface area (Å²) in [7, 11) is 4.70. The van der Waals surface area contributed by atoms with Crippen molar-refractivity contribution in [3.8, 4) is 17.2 Å². The van der Waals surface area contributed by atoms with E-state index in [4.69, 9.17) is 19.6 Å². The molecule has 0 fully saturated rings. The molecule has 1 aromatic carbocycles. The highest BCUT2D eigenvalue weighted by Gasteiger charge is 2.14. The van der Waals surface area contributed by atoms with Crippen LogP contribution >= 0.6 is 11.8 Å². The van der Waals surface area contributed by atoms with E-state index >= 15 is 0 Å². The monoisotopic (exact) mass is 241 g/mol. The number of ether oxygens (including phenoxy) is 3. The molecule has 88 valence electrons. The van der Waals surface area contributed by atoms with Crippen molar-refractivity contribution in [3.63, 3.8) is 0 Å². The summed E-state index contributed by atoms with van der Waals surface area (Å²) in [5.74, 6) is 1.80. The lowest BCUT2D eigenvalue weighted by Crippen LogP contribution is -2.00. The van der Waals surface area contributed by atoms with Crippen molar-refractivity contribution in [3.05, 3.63) is 17.7 Å². The smallest absolute Gasteiger partial charge is 0.164 e. The van der Waals surface area contributed by atoms with Crippen LogP contribution in [0.15, 0.2) is 12.1 Å². The zero-order valence-corrected chi connectivity index (χ0v) is 10.6. The van der Waals surface area contributed by atoms with Gasteiger partial charge in [-0.15, -0.1) is 11.8 Å². The Hall–Kier alpha value is -1.36. The lowest BCUT2D eigenvalue weighted by Gasteiger charge is -2.13. The first-order valence-corrected chi connectivity index (χ1v) is 5.83. The summed E-state index contributed by atoms with van der Waals surface area (Å²) >= 11 is 1.35. The molecule has 0 aromatic heterocycles. The summed E-state index contributed by atoms with van der Waals surface area (Å²) in [6.45, 7) is 0. The first-order chi connectivity index (χ1) is 7.67. The minimum absolute atomic E-state index is 0.429. The van der Waals surface area contributed by atoms with Crippen LogP contribution in [0, 0.1) is 5.41 Å². The molecule has 0 radical (unpaired) electrons. The number of thioether (sulfide) groups is 1. The van der Waals surface area contributed by atoms with Gasteiger partial charge in [0.25, 0.3) is 0 Å². The molecule has 0 spiro atoms. The van der Waals surface area contributed by atoms with Gasteiger partial charge in [0.1, 0.15) is 5.75 Å². The molecule has 16 heavy (non-hydrogen) atoms. The predicted octanol–water partition coefficient (Wildman–Crippen LogP) is 2.40. The van der Waals surface area contributed by atoms with Crippen molar-refractivity contribution >= 4 is 16.8 Å². The Balaban J connectivity index is 3.31. The van der Waals surface area contributed by atoms with E-state index in [1.807, 2.05) is 6.26 Å². The molecule has 0 atom stereocenters. The lowest BCUT2D eigenvalue weighted by atomic mass is 10.2. The predicted molar refractivity (Wildman–Crippen MR) is 66.4 cm³/mol. The van der Waals surface area contributed by atoms with Crippen LogP contribution in [0.5, 0.6) is 17.2 Å². The van der Waals surface area contributed by atoms with E-state index < -0.39 is 0 Å². The third-order valence-electron chi connectivity index (χ3n) is 2.15. The molecule has 0 aliphatic carbocycles. The fourth-order valence-electron chi connectivity index (χ4n) is 1.32. The van der Waals surface area contributed by atoms with Crippen molar-refractivity contribution in [2.24, 2.45) is 0 Å². The van der Waals surface area contributed by atoms with Crippen molar-refractivity contribution in [1.82, 2.24) is 0 Å². The van der Waals surface area contributed by atoms with E-state index in [1.165, 1.54) is 11.8 Å². The topological polar surface area (TPSA) is 51.5 Å². The third kappa shape index (κ3) is 2.41. The molecule has 0 unspecified atom stereocenters. The fourth-order valence-corrected chi connectivity index (χ4v) is 1.70. The molecule has 0 heterocycles. The molecule has 4 nitrogen and oxygen atoms in total. The normalized spacial score (nSPS) is 9.75. The van der Waals surface area contributed by atoms with Crippen LogP contribution in [0.2, 0.25) is 0 Å². The first-order valence-electron chi connectivity index (χ1n) is 4.60. The summed E-state index contributed by atoms with van der Waals surface area (Å²) in [6.07, 6.45) is 1.85. The Morgan fingerprint density at radius 1 is 1.00 bits per heavy atom. The van der Waals surface area contributed by atoms with Crippen molar-refractivity contribution < 1.29 is 14.2 Å². The Bertz CT molecular complexity index is 393. The van der Waals surface area contributed by atoms with Crippen LogP contribution in [-0.2, 0) is 0 Å². The summed E-state index contributed by atoms with van der Waals surface area (Å²) < 4.78 is 15.6. The molecular weight excluding hydrogens is 226 g/mol. The quantitative estimate of drug-likeness (QED) is 0.649. The molecule has 0 aliphatic rings. The maximum atomic E-state index is 7.81. The Morgan fingerprint density at radius 3 is 1.94 bits per heavy atom. The number of hydrogen-bond acceptors (Lipinski definition) is 5. The van der Waals surface area contributed by atoms with Crippen molar-refractivity contribution in [1.29, 1.82) is 5.41 Å². The summed E-state index contributed by atoms with van der Waals surface area (Å²) in [5, 5.41) is 8.24. The average molecular weight is 241 g/mol. The molecule has 0 bridgehead atoms. The highest BCUT2D eigenvalue weighted by Crippen LogP contribution is 2.35. The SMILES string of the molecule is COc1cc(OC)c(C(=N)SC)cc1OC. The third-order valence-corrected chi connectivity index (χ3v) is 2.78. The van der Waals surface area contributed by atoms with Crippen LogP contribution in [0.4, 0.5) is 0 Å². The van der Waals surface area contributed by atoms with Gasteiger partial charge in [-0.1, -0.05) is 0 Å². The van der Waals surface area contributed by atoms with Crippen LogP contribution in [0.25, 0.3) is 0 Å². The summed E-state index contributed by atoms with van der Waals surface area (Å²) in [4.78, 5) is 0. The van der Waals surface area contributed by atoms with Gasteiger partial charge in [-0.25, -0.2) is 0 Å². The minimum atomic E-state index is 0.429. The van der Waals surface area contributed by atoms with Gasteiger partial charge in [0, 0.05) is 6.07 Å². The second-order valence-corrected chi connectivity index (χ2v) is 3.76. The van der Waals surface area contributed by atoms with E-state index in [9.17, 15) is 0 Å². The standard InChI is InChI=1S/C11H15NO3S/c1-13-8-6-10(15-3)9(14-2)5-7(8)11(12)16-4/h5-6,12H,1-4H3. The Kier molecular flexibility index (Phi) is 4.49. The van der Waals surface area contributed by atoms with Gasteiger partial charge in [0.15, 0.2) is 11.5 Å². The number of nitrogens with one attached hydrogen (secondary N) is 1. The minimum Gasteiger partial charge on any atom is -0.496 e. The Labute approximate surface area is 99.4 Å². The highest BCUT2D eigenvalue weighted by atomic mass is 32.2. The average Bonchev–Trinajstić information content (AvgIpc) is 2.35. The van der Waals surface area contributed by atoms with Crippen LogP contribution in [-0.4, -0.2) is 32.6 Å². The molecule has 0 amide bonds. The molecule has 0 aliphatic heterocycles. The zero-order chi connectivity index (χ0) is 12.1. The summed E-state index contributed by atoms with van der Waals surface area (Å²) in [5.41, 5.74) is 0.702. The largest absolute Gasteiger partial charge is 0.496 e. The van der Waals surface area contributed by atoms with Crippen molar-refractivity contribution in [2.75, 3.05) is 27.6 Å². The summed E-state index contributed by atoms with van der Waals surface area (Å²) in [6, 6.07) is 3.47. The van der Waals surface area contributed by atoms with Crippen LogP contribution < -0.4 is 14.2 Å². The second kappa shape index (κ2) is 5.65. The van der Waals surface area contributed by atoms with E-state index in [0.29, 0.717) is 27.9 Å². The number of rotatable bonds is 4. The van der Waals surface area contributed by atoms with Gasteiger partial charge >= 0.3 is 0 Å². The fraction of sp³-hybridized carbons (Fsp3) is 0.364. The van der Waals surface area contributed by atoms with E-state index in [2.05, 4.69) is 0 Å². The first kappa shape index (κ1) is 12.7. The number of hydrogen-bond donors (Lipinski definition) is 1. The van der Waals surface area contributed by atoms with Crippen molar-refractivity contribution in [2.45, 2.75) is 0 Å². The maximum Gasteiger partial charge on any atom is 0.164 e. The van der Waals surface area contributed by atoms with Gasteiger partial charge in [-0.05, 0) is 12.3 Å². The van der Waals surface area contributed by atoms with Gasteiger partial charge in [0.05, 0.1) is 31.9 Å². The molecule has 0 saturated carbocycles. The van der Waals surface area contributed by atoms with Gasteiger partial charge in [-0.2, -0.15) is 0 Å². The molecular formula is C11H15NO3S. The van der Waals surface area contributed by atoms with E-state index in [1.54, 1.807) is 33.5 Å². The molecule has 1 rings (SSSR count). The number of benzene rings is 1. The van der Waals surface area contributed by atoms with E-state index in [-0.39, 0.29) is 0 Å². The molecule has 5 heteroatoms. The maximum absolute atomic E-state index is 7.81. The van der Waals surface area contributed by atoms with Crippen LogP contribution in [0.3, 0.4) is 0 Å². The van der Waals surface area contributed by atoms with Gasteiger partial charge in [-0.3, -0.25) is 5.41 Å². The van der Waals surface area contributed by atoms with Gasteiger partial charge in [0.2, 0.25) is 0 Å². The number of methoxy groups -OCH3 is 3.